The molecule has 0 aliphatic heterocycles. The Balaban J connectivity index is 0.00000220. The summed E-state index contributed by atoms with van der Waals surface area (Å²) in [5.74, 6) is -2.04. The summed E-state index contributed by atoms with van der Waals surface area (Å²) in [6.07, 6.45) is 2.57. The highest BCUT2D eigenvalue weighted by molar-refractivity contribution is 8.76. The summed E-state index contributed by atoms with van der Waals surface area (Å²) < 4.78 is 0. The zero-order valence-electron chi connectivity index (χ0n) is 10.6. The lowest BCUT2D eigenvalue weighted by Gasteiger charge is -2.01. The van der Waals surface area contributed by atoms with Gasteiger partial charge in [0.05, 0.1) is 11.1 Å². The molecule has 110 valence electrons. The Hall–Kier alpha value is -2.10. The molecule has 2 heterocycles. The van der Waals surface area contributed by atoms with E-state index in [-0.39, 0.29) is 17.3 Å². The quantitative estimate of drug-likeness (QED) is 0.709. The van der Waals surface area contributed by atoms with Crippen LogP contribution >= 0.6 is 21.6 Å². The first kappa shape index (κ1) is 17.0. The van der Waals surface area contributed by atoms with Crippen LogP contribution < -0.4 is 6.15 Å². The van der Waals surface area contributed by atoms with Crippen molar-refractivity contribution in [1.29, 1.82) is 0 Å². The average molecular weight is 325 g/mol. The molecule has 2 rings (SSSR count). The molecule has 0 saturated heterocycles. The molecule has 0 saturated carbocycles. The van der Waals surface area contributed by atoms with Crippen molar-refractivity contribution >= 4 is 33.5 Å². The van der Waals surface area contributed by atoms with Gasteiger partial charge in [0.25, 0.3) is 0 Å². The van der Waals surface area contributed by atoms with Gasteiger partial charge in [0.2, 0.25) is 0 Å². The SMILES string of the molecule is N.O=C(O)c1ccc(SSc2ccc(C(=O)O)cn2)nc1. The number of hydrogen-bond acceptors (Lipinski definition) is 7. The summed E-state index contributed by atoms with van der Waals surface area (Å²) in [6.45, 7) is 0. The Kier molecular flexibility index (Phi) is 6.15. The lowest BCUT2D eigenvalue weighted by atomic mass is 10.3. The van der Waals surface area contributed by atoms with E-state index in [9.17, 15) is 9.59 Å². The summed E-state index contributed by atoms with van der Waals surface area (Å²) in [5, 5.41) is 18.8. The minimum atomic E-state index is -1.02. The number of carboxylic acid groups (broad SMARTS) is 2. The number of carboxylic acids is 2. The van der Waals surface area contributed by atoms with Crippen LogP contribution in [0.5, 0.6) is 0 Å². The monoisotopic (exact) mass is 325 g/mol. The second kappa shape index (κ2) is 7.62. The lowest BCUT2D eigenvalue weighted by Crippen LogP contribution is -1.96. The molecular weight excluding hydrogens is 314 g/mol. The van der Waals surface area contributed by atoms with Crippen molar-refractivity contribution in [3.8, 4) is 0 Å². The van der Waals surface area contributed by atoms with Crippen molar-refractivity contribution in [1.82, 2.24) is 16.1 Å². The molecular formula is C12H11N3O4S2. The van der Waals surface area contributed by atoms with Gasteiger partial charge in [-0.1, -0.05) is 0 Å². The summed E-state index contributed by atoms with van der Waals surface area (Å²) >= 11 is 0. The Morgan fingerprint density at radius 2 is 1.19 bits per heavy atom. The number of aromatic carboxylic acids is 2. The van der Waals surface area contributed by atoms with Gasteiger partial charge in [-0.2, -0.15) is 0 Å². The summed E-state index contributed by atoms with van der Waals surface area (Å²) in [6, 6.07) is 6.15. The zero-order valence-corrected chi connectivity index (χ0v) is 12.2. The highest BCUT2D eigenvalue weighted by Crippen LogP contribution is 2.34. The fourth-order valence-corrected chi connectivity index (χ4v) is 2.91. The molecule has 0 aliphatic carbocycles. The van der Waals surface area contributed by atoms with Gasteiger partial charge in [-0.25, -0.2) is 19.6 Å². The minimum absolute atomic E-state index is 0. The second-order valence-corrected chi connectivity index (χ2v) is 5.72. The first-order valence-electron chi connectivity index (χ1n) is 5.29. The highest BCUT2D eigenvalue weighted by atomic mass is 33.1. The first-order valence-corrected chi connectivity index (χ1v) is 7.44. The average Bonchev–Trinajstić information content (AvgIpc) is 2.46. The van der Waals surface area contributed by atoms with Crippen LogP contribution in [-0.4, -0.2) is 32.1 Å². The van der Waals surface area contributed by atoms with Gasteiger partial charge in [-0.15, -0.1) is 0 Å². The molecule has 5 N–H and O–H groups in total. The van der Waals surface area contributed by atoms with Crippen LogP contribution in [0.4, 0.5) is 0 Å². The maximum absolute atomic E-state index is 10.7. The molecule has 2 aromatic rings. The van der Waals surface area contributed by atoms with Crippen LogP contribution in [0.25, 0.3) is 0 Å². The fraction of sp³-hybridized carbons (Fsp3) is 0. The molecule has 7 nitrogen and oxygen atoms in total. The Labute approximate surface area is 127 Å². The Bertz CT molecular complexity index is 574. The Morgan fingerprint density at radius 3 is 1.43 bits per heavy atom. The third-order valence-corrected chi connectivity index (χ3v) is 4.36. The van der Waals surface area contributed by atoms with E-state index in [0.29, 0.717) is 10.1 Å². The van der Waals surface area contributed by atoms with E-state index in [1.807, 2.05) is 0 Å². The lowest BCUT2D eigenvalue weighted by molar-refractivity contribution is 0.0685. The van der Waals surface area contributed by atoms with Gasteiger partial charge >= 0.3 is 11.9 Å². The molecule has 0 aromatic carbocycles. The molecule has 0 bridgehead atoms. The topological polar surface area (TPSA) is 135 Å². The maximum Gasteiger partial charge on any atom is 0.337 e. The van der Waals surface area contributed by atoms with Crippen molar-refractivity contribution < 1.29 is 19.8 Å². The van der Waals surface area contributed by atoms with Gasteiger partial charge in [-0.05, 0) is 45.9 Å². The van der Waals surface area contributed by atoms with Crippen molar-refractivity contribution in [2.75, 3.05) is 0 Å². The standard InChI is InChI=1S/C12H8N2O4S2.H3N/c15-11(16)7-1-3-9(13-5-7)19-20-10-4-2-8(6-14-10)12(17)18;/h1-6H,(H,15,16)(H,17,18);1H3. The van der Waals surface area contributed by atoms with E-state index in [1.54, 1.807) is 12.1 Å². The first-order chi connectivity index (χ1) is 9.56. The molecule has 0 aliphatic rings. The molecule has 0 fully saturated rings. The molecule has 0 spiro atoms. The van der Waals surface area contributed by atoms with Gasteiger partial charge in [0.15, 0.2) is 0 Å². The van der Waals surface area contributed by atoms with E-state index in [2.05, 4.69) is 9.97 Å². The normalized spacial score (nSPS) is 9.71. The molecule has 2 aromatic heterocycles. The summed E-state index contributed by atoms with van der Waals surface area (Å²) in [5.41, 5.74) is 0.256. The number of aromatic nitrogens is 2. The number of pyridine rings is 2. The van der Waals surface area contributed by atoms with Crippen LogP contribution in [0.1, 0.15) is 20.7 Å². The molecule has 0 unspecified atom stereocenters. The van der Waals surface area contributed by atoms with Gasteiger partial charge in [0, 0.05) is 12.4 Å². The molecule has 0 amide bonds. The predicted molar refractivity (Wildman–Crippen MR) is 79.1 cm³/mol. The van der Waals surface area contributed by atoms with E-state index in [0.717, 1.165) is 0 Å². The van der Waals surface area contributed by atoms with Crippen LogP contribution in [0.15, 0.2) is 46.7 Å². The third-order valence-electron chi connectivity index (χ3n) is 2.18. The molecule has 9 heteroatoms. The smallest absolute Gasteiger partial charge is 0.337 e. The maximum atomic E-state index is 10.7. The summed E-state index contributed by atoms with van der Waals surface area (Å²) in [4.78, 5) is 29.3. The van der Waals surface area contributed by atoms with E-state index < -0.39 is 11.9 Å². The third kappa shape index (κ3) is 4.74. The van der Waals surface area contributed by atoms with E-state index >= 15 is 0 Å². The largest absolute Gasteiger partial charge is 0.478 e. The number of carbonyl (C=O) groups is 2. The zero-order chi connectivity index (χ0) is 14.5. The number of hydrogen-bond donors (Lipinski definition) is 3. The molecule has 0 radical (unpaired) electrons. The van der Waals surface area contributed by atoms with Gasteiger partial charge in [0.1, 0.15) is 10.1 Å². The number of rotatable bonds is 5. The van der Waals surface area contributed by atoms with Crippen LogP contribution in [0, 0.1) is 0 Å². The fourth-order valence-electron chi connectivity index (χ4n) is 1.20. The van der Waals surface area contributed by atoms with E-state index in [4.69, 9.17) is 10.2 Å². The number of nitrogens with zero attached hydrogens (tertiary/aromatic N) is 2. The highest BCUT2D eigenvalue weighted by Gasteiger charge is 2.06. The van der Waals surface area contributed by atoms with Crippen LogP contribution in [-0.2, 0) is 0 Å². The van der Waals surface area contributed by atoms with Crippen molar-refractivity contribution in [3.63, 3.8) is 0 Å². The van der Waals surface area contributed by atoms with E-state index in [1.165, 1.54) is 46.1 Å². The van der Waals surface area contributed by atoms with Gasteiger partial charge in [-0.3, -0.25) is 0 Å². The Morgan fingerprint density at radius 1 is 0.810 bits per heavy atom. The van der Waals surface area contributed by atoms with Crippen LogP contribution in [0.3, 0.4) is 0 Å². The van der Waals surface area contributed by atoms with Gasteiger partial charge < -0.3 is 16.4 Å². The molecule has 21 heavy (non-hydrogen) atoms. The van der Waals surface area contributed by atoms with Crippen molar-refractivity contribution in [2.24, 2.45) is 0 Å². The summed E-state index contributed by atoms with van der Waals surface area (Å²) in [7, 11) is 2.62. The second-order valence-electron chi connectivity index (χ2n) is 3.55. The van der Waals surface area contributed by atoms with Crippen LogP contribution in [0.2, 0.25) is 0 Å². The molecule has 0 atom stereocenters. The minimum Gasteiger partial charge on any atom is -0.478 e. The predicted octanol–water partition coefficient (Wildman–Crippen LogP) is 2.83. The van der Waals surface area contributed by atoms with Crippen molar-refractivity contribution in [2.45, 2.75) is 10.1 Å². The van der Waals surface area contributed by atoms with Crippen molar-refractivity contribution in [3.05, 3.63) is 47.8 Å².